The first-order valence-corrected chi connectivity index (χ1v) is 9.06. The van der Waals surface area contributed by atoms with Gasteiger partial charge in [-0.05, 0) is 32.1 Å². The van der Waals surface area contributed by atoms with Gasteiger partial charge in [0.05, 0.1) is 7.11 Å². The second-order valence-electron chi connectivity index (χ2n) is 6.04. The van der Waals surface area contributed by atoms with E-state index in [0.717, 1.165) is 25.7 Å². The molecular weight excluding hydrogens is 279 g/mol. The van der Waals surface area contributed by atoms with Crippen molar-refractivity contribution < 1.29 is 13.9 Å². The van der Waals surface area contributed by atoms with Gasteiger partial charge in [0, 0.05) is 6.42 Å². The number of halogens is 1. The number of unbranched alkanes of at least 4 members (excludes halogenated alkanes) is 8. The van der Waals surface area contributed by atoms with Crippen molar-refractivity contribution in [1.29, 1.82) is 0 Å². The zero-order chi connectivity index (χ0) is 16.5. The molecule has 3 heteroatoms. The molecule has 0 aromatic heterocycles. The molecule has 0 amide bonds. The number of allylic oxidation sites excluding steroid dienone is 2. The first kappa shape index (κ1) is 21.1. The van der Waals surface area contributed by atoms with Crippen molar-refractivity contribution in [2.75, 3.05) is 7.11 Å². The molecule has 0 aliphatic rings. The van der Waals surface area contributed by atoms with E-state index in [1.54, 1.807) is 0 Å². The van der Waals surface area contributed by atoms with Crippen molar-refractivity contribution in [1.82, 2.24) is 0 Å². The highest BCUT2D eigenvalue weighted by atomic mass is 19.1. The van der Waals surface area contributed by atoms with E-state index < -0.39 is 6.17 Å². The van der Waals surface area contributed by atoms with Crippen LogP contribution in [0.5, 0.6) is 0 Å². The summed E-state index contributed by atoms with van der Waals surface area (Å²) in [7, 11) is 1.40. The molecule has 0 aliphatic heterocycles. The van der Waals surface area contributed by atoms with Gasteiger partial charge in [-0.3, -0.25) is 4.79 Å². The fourth-order valence-electron chi connectivity index (χ4n) is 2.44. The lowest BCUT2D eigenvalue weighted by Gasteiger charge is -2.05. The Kier molecular flexibility index (Phi) is 15.9. The van der Waals surface area contributed by atoms with Crippen LogP contribution in [0.1, 0.15) is 90.4 Å². The lowest BCUT2D eigenvalue weighted by Crippen LogP contribution is -2.01. The summed E-state index contributed by atoms with van der Waals surface area (Å²) < 4.78 is 18.2. The van der Waals surface area contributed by atoms with Crippen LogP contribution in [0.3, 0.4) is 0 Å². The Morgan fingerprint density at radius 2 is 1.68 bits per heavy atom. The summed E-state index contributed by atoms with van der Waals surface area (Å²) in [5, 5.41) is 0. The van der Waals surface area contributed by atoms with Crippen molar-refractivity contribution in [2.24, 2.45) is 0 Å². The molecule has 130 valence electrons. The summed E-state index contributed by atoms with van der Waals surface area (Å²) >= 11 is 0. The van der Waals surface area contributed by atoms with Gasteiger partial charge in [0.15, 0.2) is 0 Å². The third-order valence-electron chi connectivity index (χ3n) is 3.91. The van der Waals surface area contributed by atoms with Gasteiger partial charge < -0.3 is 4.74 Å². The number of hydrogen-bond donors (Lipinski definition) is 0. The highest BCUT2D eigenvalue weighted by Gasteiger charge is 2.04. The van der Waals surface area contributed by atoms with E-state index in [1.807, 2.05) is 6.08 Å². The number of rotatable bonds is 15. The number of ether oxygens (including phenoxy) is 1. The number of esters is 1. The topological polar surface area (TPSA) is 26.3 Å². The molecule has 0 saturated carbocycles. The van der Waals surface area contributed by atoms with E-state index in [-0.39, 0.29) is 5.97 Å². The van der Waals surface area contributed by atoms with E-state index in [1.165, 1.54) is 45.6 Å². The molecule has 0 N–H and O–H groups in total. The molecule has 0 fully saturated rings. The fraction of sp³-hybridized carbons (Fsp3) is 0.842. The van der Waals surface area contributed by atoms with Crippen LogP contribution >= 0.6 is 0 Å². The van der Waals surface area contributed by atoms with E-state index in [4.69, 9.17) is 0 Å². The first-order valence-electron chi connectivity index (χ1n) is 9.06. The summed E-state index contributed by atoms with van der Waals surface area (Å²) in [5.41, 5.74) is 0. The van der Waals surface area contributed by atoms with Gasteiger partial charge in [-0.1, -0.05) is 64.0 Å². The predicted molar refractivity (Wildman–Crippen MR) is 91.7 cm³/mol. The maximum Gasteiger partial charge on any atom is 0.305 e. The zero-order valence-corrected chi connectivity index (χ0v) is 14.6. The van der Waals surface area contributed by atoms with Crippen LogP contribution in [0.2, 0.25) is 0 Å². The fourth-order valence-corrected chi connectivity index (χ4v) is 2.44. The van der Waals surface area contributed by atoms with Gasteiger partial charge in [-0.2, -0.15) is 0 Å². The largest absolute Gasteiger partial charge is 0.469 e. The Morgan fingerprint density at radius 3 is 2.41 bits per heavy atom. The van der Waals surface area contributed by atoms with Crippen molar-refractivity contribution in [3.8, 4) is 0 Å². The van der Waals surface area contributed by atoms with Gasteiger partial charge in [-0.15, -0.1) is 0 Å². The number of alkyl halides is 1. The SMILES string of the molecule is CCCCCCCC/C=C\CC(F)CCCCCC(=O)OC. The van der Waals surface area contributed by atoms with E-state index in [9.17, 15) is 9.18 Å². The third kappa shape index (κ3) is 15.5. The Balaban J connectivity index is 3.32. The maximum absolute atomic E-state index is 13.6. The van der Waals surface area contributed by atoms with Crippen LogP contribution in [0.4, 0.5) is 4.39 Å². The average Bonchev–Trinajstić information content (AvgIpc) is 2.52. The summed E-state index contributed by atoms with van der Waals surface area (Å²) in [5.74, 6) is -0.172. The summed E-state index contributed by atoms with van der Waals surface area (Å²) in [6.07, 6.45) is 16.4. The van der Waals surface area contributed by atoms with Gasteiger partial charge in [0.2, 0.25) is 0 Å². The van der Waals surface area contributed by atoms with Gasteiger partial charge >= 0.3 is 5.97 Å². The Bertz CT molecular complexity index is 277. The lowest BCUT2D eigenvalue weighted by molar-refractivity contribution is -0.140. The molecular formula is C19H35FO2. The molecule has 22 heavy (non-hydrogen) atoms. The van der Waals surface area contributed by atoms with Crippen molar-refractivity contribution in [3.05, 3.63) is 12.2 Å². The Labute approximate surface area is 136 Å². The molecule has 0 rings (SSSR count). The normalized spacial score (nSPS) is 12.7. The lowest BCUT2D eigenvalue weighted by atomic mass is 10.1. The minimum Gasteiger partial charge on any atom is -0.469 e. The van der Waals surface area contributed by atoms with E-state index in [2.05, 4.69) is 17.7 Å². The molecule has 0 aliphatic carbocycles. The average molecular weight is 314 g/mol. The van der Waals surface area contributed by atoms with Crippen LogP contribution in [0, 0.1) is 0 Å². The summed E-state index contributed by atoms with van der Waals surface area (Å²) in [6, 6.07) is 0. The smallest absolute Gasteiger partial charge is 0.305 e. The van der Waals surface area contributed by atoms with Crippen LogP contribution in [-0.4, -0.2) is 19.3 Å². The molecule has 0 radical (unpaired) electrons. The van der Waals surface area contributed by atoms with Crippen molar-refractivity contribution in [2.45, 2.75) is 96.6 Å². The summed E-state index contributed by atoms with van der Waals surface area (Å²) in [6.45, 7) is 2.23. The number of methoxy groups -OCH3 is 1. The standard InChI is InChI=1S/C19H35FO2/c1-3-4-5-6-7-8-9-10-12-15-18(20)16-13-11-14-17-19(21)22-2/h10,12,18H,3-9,11,13-17H2,1-2H3/b12-10-. The maximum atomic E-state index is 13.6. The Hall–Kier alpha value is -0.860. The highest BCUT2D eigenvalue weighted by Crippen LogP contribution is 2.13. The van der Waals surface area contributed by atoms with Crippen molar-refractivity contribution in [3.63, 3.8) is 0 Å². The molecule has 0 heterocycles. The quantitative estimate of drug-likeness (QED) is 0.206. The Morgan fingerprint density at radius 1 is 1.00 bits per heavy atom. The van der Waals surface area contributed by atoms with Crippen LogP contribution in [0.25, 0.3) is 0 Å². The zero-order valence-electron chi connectivity index (χ0n) is 14.6. The van der Waals surface area contributed by atoms with Crippen LogP contribution in [-0.2, 0) is 9.53 Å². The minimum absolute atomic E-state index is 0.172. The highest BCUT2D eigenvalue weighted by molar-refractivity contribution is 5.68. The summed E-state index contributed by atoms with van der Waals surface area (Å²) in [4.78, 5) is 10.9. The van der Waals surface area contributed by atoms with Gasteiger partial charge in [0.25, 0.3) is 0 Å². The molecule has 1 unspecified atom stereocenters. The molecule has 0 aromatic carbocycles. The van der Waals surface area contributed by atoms with Gasteiger partial charge in [-0.25, -0.2) is 4.39 Å². The molecule has 1 atom stereocenters. The number of carbonyl (C=O) groups excluding carboxylic acids is 1. The van der Waals surface area contributed by atoms with Crippen molar-refractivity contribution >= 4 is 5.97 Å². The molecule has 2 nitrogen and oxygen atoms in total. The second kappa shape index (κ2) is 16.5. The monoisotopic (exact) mass is 314 g/mol. The first-order chi connectivity index (χ1) is 10.7. The molecule has 0 saturated heterocycles. The predicted octanol–water partition coefficient (Wildman–Crippen LogP) is 6.14. The van der Waals surface area contributed by atoms with Crippen LogP contribution < -0.4 is 0 Å². The third-order valence-corrected chi connectivity index (χ3v) is 3.91. The molecule has 0 spiro atoms. The second-order valence-corrected chi connectivity index (χ2v) is 6.04. The minimum atomic E-state index is -0.737. The van der Waals surface area contributed by atoms with E-state index >= 15 is 0 Å². The number of hydrogen-bond acceptors (Lipinski definition) is 2. The molecule has 0 bridgehead atoms. The number of carbonyl (C=O) groups is 1. The van der Waals surface area contributed by atoms with E-state index in [0.29, 0.717) is 19.3 Å². The molecule has 0 aromatic rings. The van der Waals surface area contributed by atoms with Crippen LogP contribution in [0.15, 0.2) is 12.2 Å². The van der Waals surface area contributed by atoms with Gasteiger partial charge in [0.1, 0.15) is 6.17 Å².